The molecule has 0 radical (unpaired) electrons. The highest BCUT2D eigenvalue weighted by molar-refractivity contribution is 5.13. The van der Waals surface area contributed by atoms with Crippen molar-refractivity contribution in [1.29, 1.82) is 0 Å². The predicted molar refractivity (Wildman–Crippen MR) is 79.0 cm³/mol. The first kappa shape index (κ1) is 14.4. The second-order valence-corrected chi connectivity index (χ2v) is 5.66. The Balaban J connectivity index is 1.82. The Hall–Kier alpha value is -0.970. The van der Waals surface area contributed by atoms with E-state index in [0.717, 1.165) is 25.3 Å². The molecule has 2 rings (SSSR count). The third-order valence-electron chi connectivity index (χ3n) is 3.89. The number of rotatable bonds is 6. The van der Waals surface area contributed by atoms with Gasteiger partial charge in [-0.2, -0.15) is 0 Å². The van der Waals surface area contributed by atoms with Crippen LogP contribution in [0.2, 0.25) is 0 Å². The van der Waals surface area contributed by atoms with Gasteiger partial charge in [0, 0.05) is 31.9 Å². The van der Waals surface area contributed by atoms with Crippen LogP contribution in [0.15, 0.2) is 18.3 Å². The minimum Gasteiger partial charge on any atom is -0.316 e. The number of likely N-dealkylation sites (tertiary alicyclic amines) is 1. The van der Waals surface area contributed by atoms with Crippen LogP contribution in [0.25, 0.3) is 0 Å². The second-order valence-electron chi connectivity index (χ2n) is 5.66. The molecule has 1 aliphatic rings. The van der Waals surface area contributed by atoms with Gasteiger partial charge in [0.05, 0.1) is 5.69 Å². The van der Waals surface area contributed by atoms with Gasteiger partial charge in [-0.25, -0.2) is 0 Å². The Morgan fingerprint density at radius 1 is 1.47 bits per heavy atom. The van der Waals surface area contributed by atoms with E-state index in [9.17, 15) is 0 Å². The number of hydrogen-bond donors (Lipinski definition) is 1. The SMILES string of the molecule is CNCc1ccc(CN(C)CC2CCCN2C)nc1. The molecule has 0 spiro atoms. The molecule has 2 heterocycles. The zero-order valence-corrected chi connectivity index (χ0v) is 12.4. The lowest BCUT2D eigenvalue weighted by molar-refractivity contribution is 0.214. The highest BCUT2D eigenvalue weighted by Gasteiger charge is 2.21. The van der Waals surface area contributed by atoms with E-state index in [0.29, 0.717) is 6.04 Å². The number of hydrogen-bond acceptors (Lipinski definition) is 4. The predicted octanol–water partition coefficient (Wildman–Crippen LogP) is 1.33. The molecule has 1 aromatic heterocycles. The highest BCUT2D eigenvalue weighted by atomic mass is 15.2. The number of aromatic nitrogens is 1. The van der Waals surface area contributed by atoms with Crippen LogP contribution in [0.3, 0.4) is 0 Å². The molecule has 0 aromatic carbocycles. The largest absolute Gasteiger partial charge is 0.316 e. The molecule has 1 unspecified atom stereocenters. The maximum Gasteiger partial charge on any atom is 0.0544 e. The zero-order valence-electron chi connectivity index (χ0n) is 12.4. The molecule has 1 atom stereocenters. The Morgan fingerprint density at radius 2 is 2.32 bits per heavy atom. The van der Waals surface area contributed by atoms with Crippen molar-refractivity contribution in [3.8, 4) is 0 Å². The van der Waals surface area contributed by atoms with Gasteiger partial charge in [0.25, 0.3) is 0 Å². The molecular formula is C15H26N4. The van der Waals surface area contributed by atoms with Crippen molar-refractivity contribution in [1.82, 2.24) is 20.1 Å². The summed E-state index contributed by atoms with van der Waals surface area (Å²) < 4.78 is 0. The van der Waals surface area contributed by atoms with Crippen molar-refractivity contribution in [2.45, 2.75) is 32.0 Å². The molecule has 0 bridgehead atoms. The van der Waals surface area contributed by atoms with E-state index < -0.39 is 0 Å². The fourth-order valence-electron chi connectivity index (χ4n) is 2.77. The van der Waals surface area contributed by atoms with Crippen molar-refractivity contribution in [3.05, 3.63) is 29.6 Å². The molecule has 4 heteroatoms. The molecule has 1 fully saturated rings. The van der Waals surface area contributed by atoms with Crippen molar-refractivity contribution < 1.29 is 0 Å². The van der Waals surface area contributed by atoms with Crippen LogP contribution in [-0.4, -0.2) is 55.1 Å². The first-order valence-corrected chi connectivity index (χ1v) is 7.16. The normalized spacial score (nSPS) is 20.3. The number of pyridine rings is 1. The first-order valence-electron chi connectivity index (χ1n) is 7.16. The molecule has 1 N–H and O–H groups in total. The third-order valence-corrected chi connectivity index (χ3v) is 3.89. The first-order chi connectivity index (χ1) is 9.19. The van der Waals surface area contributed by atoms with Crippen molar-refractivity contribution in [2.75, 3.05) is 34.2 Å². The topological polar surface area (TPSA) is 31.4 Å². The summed E-state index contributed by atoms with van der Waals surface area (Å²) in [5.41, 5.74) is 2.40. The monoisotopic (exact) mass is 262 g/mol. The van der Waals surface area contributed by atoms with Crippen LogP contribution >= 0.6 is 0 Å². The van der Waals surface area contributed by atoms with Gasteiger partial charge in [0.1, 0.15) is 0 Å². The maximum atomic E-state index is 4.54. The fraction of sp³-hybridized carbons (Fsp3) is 0.667. The molecule has 19 heavy (non-hydrogen) atoms. The van der Waals surface area contributed by atoms with Crippen molar-refractivity contribution in [3.63, 3.8) is 0 Å². The lowest BCUT2D eigenvalue weighted by Gasteiger charge is -2.25. The van der Waals surface area contributed by atoms with Gasteiger partial charge in [-0.15, -0.1) is 0 Å². The Labute approximate surface area is 116 Å². The minimum absolute atomic E-state index is 0.716. The standard InChI is InChI=1S/C15H26N4/c1-16-9-13-6-7-14(17-10-13)11-18(2)12-15-5-4-8-19(15)3/h6-7,10,15-16H,4-5,8-9,11-12H2,1-3H3. The summed E-state index contributed by atoms with van der Waals surface area (Å²) in [4.78, 5) is 9.39. The highest BCUT2D eigenvalue weighted by Crippen LogP contribution is 2.16. The van der Waals surface area contributed by atoms with Crippen LogP contribution < -0.4 is 5.32 Å². The Bertz CT molecular complexity index is 376. The molecule has 0 aliphatic carbocycles. The average Bonchev–Trinajstić information content (AvgIpc) is 2.78. The van der Waals surface area contributed by atoms with Crippen LogP contribution in [0.5, 0.6) is 0 Å². The van der Waals surface area contributed by atoms with Gasteiger partial charge < -0.3 is 10.2 Å². The molecule has 0 amide bonds. The number of likely N-dealkylation sites (N-methyl/N-ethyl adjacent to an activating group) is 2. The van der Waals surface area contributed by atoms with Crippen molar-refractivity contribution in [2.24, 2.45) is 0 Å². The van der Waals surface area contributed by atoms with Crippen LogP contribution in [0.1, 0.15) is 24.1 Å². The Morgan fingerprint density at radius 3 is 2.89 bits per heavy atom. The summed E-state index contributed by atoms with van der Waals surface area (Å²) in [6, 6.07) is 5.02. The van der Waals surface area contributed by atoms with Crippen molar-refractivity contribution >= 4 is 0 Å². The lowest BCUT2D eigenvalue weighted by atomic mass is 10.2. The summed E-state index contributed by atoms with van der Waals surface area (Å²) >= 11 is 0. The van der Waals surface area contributed by atoms with Crippen LogP contribution in [-0.2, 0) is 13.1 Å². The zero-order chi connectivity index (χ0) is 13.7. The summed E-state index contributed by atoms with van der Waals surface area (Å²) in [6.45, 7) is 4.20. The summed E-state index contributed by atoms with van der Waals surface area (Å²) in [5, 5.41) is 3.14. The third kappa shape index (κ3) is 4.27. The quantitative estimate of drug-likeness (QED) is 0.838. The minimum atomic E-state index is 0.716. The van der Waals surface area contributed by atoms with Crippen LogP contribution in [0, 0.1) is 0 Å². The molecule has 1 saturated heterocycles. The summed E-state index contributed by atoms with van der Waals surface area (Å²) in [5.74, 6) is 0. The molecule has 4 nitrogen and oxygen atoms in total. The lowest BCUT2D eigenvalue weighted by Crippen LogP contribution is -2.36. The number of nitrogens with zero attached hydrogens (tertiary/aromatic N) is 3. The fourth-order valence-corrected chi connectivity index (χ4v) is 2.77. The molecule has 106 valence electrons. The van der Waals surface area contributed by atoms with E-state index in [1.165, 1.54) is 24.9 Å². The van der Waals surface area contributed by atoms with E-state index >= 15 is 0 Å². The smallest absolute Gasteiger partial charge is 0.0544 e. The van der Waals surface area contributed by atoms with Crippen LogP contribution in [0.4, 0.5) is 0 Å². The van der Waals surface area contributed by atoms with Gasteiger partial charge in [0.15, 0.2) is 0 Å². The maximum absolute atomic E-state index is 4.54. The van der Waals surface area contributed by atoms with Gasteiger partial charge >= 0.3 is 0 Å². The van der Waals surface area contributed by atoms with E-state index in [1.54, 1.807) is 0 Å². The molecule has 0 saturated carbocycles. The van der Waals surface area contributed by atoms with E-state index in [2.05, 4.69) is 46.3 Å². The van der Waals surface area contributed by atoms with E-state index in [-0.39, 0.29) is 0 Å². The number of nitrogens with one attached hydrogen (secondary N) is 1. The molecule has 1 aliphatic heterocycles. The van der Waals surface area contributed by atoms with Gasteiger partial charge in [-0.1, -0.05) is 6.07 Å². The van der Waals surface area contributed by atoms with Gasteiger partial charge in [-0.3, -0.25) is 9.88 Å². The van der Waals surface area contributed by atoms with Gasteiger partial charge in [-0.05, 0) is 52.2 Å². The van der Waals surface area contributed by atoms with Gasteiger partial charge in [0.2, 0.25) is 0 Å². The Kier molecular flexibility index (Phi) is 5.31. The molecule has 1 aromatic rings. The van der Waals surface area contributed by atoms with E-state index in [4.69, 9.17) is 0 Å². The van der Waals surface area contributed by atoms with E-state index in [1.807, 2.05) is 13.2 Å². The molecular weight excluding hydrogens is 236 g/mol. The summed E-state index contributed by atoms with van der Waals surface area (Å²) in [6.07, 6.45) is 4.64. The average molecular weight is 262 g/mol. The second kappa shape index (κ2) is 6.98. The summed E-state index contributed by atoms with van der Waals surface area (Å²) in [7, 11) is 6.38.